The molecule has 0 aliphatic rings. The maximum Gasteiger partial charge on any atom is 0.453 e. The van der Waals surface area contributed by atoms with Crippen LogP contribution in [0.4, 0.5) is 13.2 Å². The van der Waals surface area contributed by atoms with Gasteiger partial charge >= 0.3 is 6.18 Å². The maximum absolute atomic E-state index is 12.8. The molecule has 0 saturated heterocycles. The van der Waals surface area contributed by atoms with Gasteiger partial charge in [-0.1, -0.05) is 6.07 Å². The Balaban J connectivity index is 1.95. The lowest BCUT2D eigenvalue weighted by Crippen LogP contribution is -2.08. The largest absolute Gasteiger partial charge is 0.478 e. The van der Waals surface area contributed by atoms with Crippen molar-refractivity contribution in [2.45, 2.75) is 23.1 Å². The molecule has 0 unspecified atom stereocenters. The first-order valence-electron chi connectivity index (χ1n) is 6.60. The van der Waals surface area contributed by atoms with Crippen molar-refractivity contribution in [3.8, 4) is 5.88 Å². The third-order valence-corrected chi connectivity index (χ3v) is 4.90. The minimum Gasteiger partial charge on any atom is -0.478 e. The van der Waals surface area contributed by atoms with E-state index in [-0.39, 0.29) is 11.7 Å². The van der Waals surface area contributed by atoms with Crippen LogP contribution < -0.4 is 4.74 Å². The molecule has 0 bridgehead atoms. The Labute approximate surface area is 137 Å². The molecule has 0 N–H and O–H groups in total. The fraction of sp³-hybridized carbons (Fsp3) is 0.308. The highest BCUT2D eigenvalue weighted by atomic mass is 32.2. The first-order chi connectivity index (χ1) is 11.0. The Morgan fingerprint density at radius 1 is 1.35 bits per heavy atom. The lowest BCUT2D eigenvalue weighted by atomic mass is 10.4. The molecule has 0 spiro atoms. The number of thiophene rings is 1. The highest BCUT2D eigenvalue weighted by Gasteiger charge is 2.37. The predicted molar refractivity (Wildman–Crippen MR) is 80.8 cm³/mol. The first kappa shape index (κ1) is 16.1. The average Bonchev–Trinajstić information content (AvgIpc) is 3.14. The number of aromatic nitrogens is 4. The lowest BCUT2D eigenvalue weighted by Gasteiger charge is -2.07. The van der Waals surface area contributed by atoms with E-state index >= 15 is 0 Å². The van der Waals surface area contributed by atoms with Crippen LogP contribution in [0.3, 0.4) is 0 Å². The molecule has 0 aliphatic heterocycles. The predicted octanol–water partition coefficient (Wildman–Crippen LogP) is 3.90. The van der Waals surface area contributed by atoms with Crippen molar-refractivity contribution in [1.82, 2.24) is 19.6 Å². The topological polar surface area (TPSA) is 52.3 Å². The summed E-state index contributed by atoms with van der Waals surface area (Å²) in [6, 6.07) is 5.49. The fourth-order valence-corrected chi connectivity index (χ4v) is 3.50. The van der Waals surface area contributed by atoms with Gasteiger partial charge in [-0.3, -0.25) is 0 Å². The molecule has 0 saturated carbocycles. The first-order valence-corrected chi connectivity index (χ1v) is 8.47. The normalized spacial score (nSPS) is 12.0. The number of fused-ring (bicyclic) bond motifs is 1. The molecule has 122 valence electrons. The molecule has 3 aromatic rings. The minimum absolute atomic E-state index is 0.120. The molecule has 5 nitrogen and oxygen atoms in total. The van der Waals surface area contributed by atoms with Crippen LogP contribution in [0.5, 0.6) is 5.88 Å². The summed E-state index contributed by atoms with van der Waals surface area (Å²) < 4.78 is 45.8. The van der Waals surface area contributed by atoms with Gasteiger partial charge in [0.2, 0.25) is 5.88 Å². The van der Waals surface area contributed by atoms with Gasteiger partial charge in [-0.2, -0.15) is 22.7 Å². The zero-order valence-corrected chi connectivity index (χ0v) is 13.5. The number of thioether (sulfide) groups is 1. The van der Waals surface area contributed by atoms with Crippen molar-refractivity contribution in [1.29, 1.82) is 0 Å². The Morgan fingerprint density at radius 2 is 2.17 bits per heavy atom. The van der Waals surface area contributed by atoms with E-state index in [4.69, 9.17) is 4.74 Å². The van der Waals surface area contributed by atoms with Gasteiger partial charge in [0.25, 0.3) is 11.6 Å². The van der Waals surface area contributed by atoms with Crippen LogP contribution in [-0.4, -0.2) is 26.2 Å². The van der Waals surface area contributed by atoms with Gasteiger partial charge in [0.05, 0.1) is 16.5 Å². The van der Waals surface area contributed by atoms with E-state index < -0.39 is 12.0 Å². The molecule has 0 amide bonds. The Kier molecular flexibility index (Phi) is 4.44. The van der Waals surface area contributed by atoms with Gasteiger partial charge in [0.1, 0.15) is 0 Å². The van der Waals surface area contributed by atoms with Gasteiger partial charge in [-0.25, -0.2) is 4.98 Å². The quantitative estimate of drug-likeness (QED) is 0.646. The number of rotatable bonds is 5. The highest BCUT2D eigenvalue weighted by Crippen LogP contribution is 2.30. The average molecular weight is 360 g/mol. The molecule has 0 aliphatic carbocycles. The monoisotopic (exact) mass is 360 g/mol. The zero-order valence-electron chi connectivity index (χ0n) is 11.9. The van der Waals surface area contributed by atoms with Crippen LogP contribution in [0, 0.1) is 0 Å². The van der Waals surface area contributed by atoms with Crippen LogP contribution in [0.2, 0.25) is 0 Å². The van der Waals surface area contributed by atoms with E-state index in [2.05, 4.69) is 15.1 Å². The smallest absolute Gasteiger partial charge is 0.453 e. The van der Waals surface area contributed by atoms with Crippen molar-refractivity contribution in [3.05, 3.63) is 35.1 Å². The second-order valence-electron chi connectivity index (χ2n) is 4.38. The van der Waals surface area contributed by atoms with Gasteiger partial charge in [-0.05, 0) is 18.4 Å². The zero-order chi connectivity index (χ0) is 16.4. The number of ether oxygens (including phenoxy) is 1. The molecule has 3 rings (SSSR count). The molecule has 23 heavy (non-hydrogen) atoms. The van der Waals surface area contributed by atoms with E-state index in [1.54, 1.807) is 36.1 Å². The summed E-state index contributed by atoms with van der Waals surface area (Å²) in [4.78, 5) is 7.61. The summed E-state index contributed by atoms with van der Waals surface area (Å²) in [5, 5.41) is 5.40. The van der Waals surface area contributed by atoms with E-state index in [0.717, 1.165) is 8.72 Å². The van der Waals surface area contributed by atoms with Crippen LogP contribution in [0.25, 0.3) is 5.78 Å². The van der Waals surface area contributed by atoms with Crippen LogP contribution in [0.1, 0.15) is 18.4 Å². The molecule has 0 radical (unpaired) electrons. The van der Waals surface area contributed by atoms with Crippen LogP contribution in [-0.2, 0) is 11.9 Å². The Bertz CT molecular complexity index is 802. The standard InChI is InChI=1S/C13H11F3N4OS2/c1-2-21-9-6-8(7-23-10-4-3-5-22-10)17-12-18-11(13(14,15)16)19-20(9)12/h3-6H,2,7H2,1H3. The van der Waals surface area contributed by atoms with Crippen molar-refractivity contribution in [2.24, 2.45) is 0 Å². The Hall–Kier alpha value is -1.81. The van der Waals surface area contributed by atoms with Gasteiger partial charge < -0.3 is 4.74 Å². The second-order valence-corrected chi connectivity index (χ2v) is 6.61. The fourth-order valence-electron chi connectivity index (χ4n) is 1.82. The summed E-state index contributed by atoms with van der Waals surface area (Å²) in [6.45, 7) is 2.05. The maximum atomic E-state index is 12.8. The van der Waals surface area contributed by atoms with Gasteiger partial charge in [-0.15, -0.1) is 28.2 Å². The van der Waals surface area contributed by atoms with E-state index in [0.29, 0.717) is 18.1 Å². The van der Waals surface area contributed by atoms with Gasteiger partial charge in [0, 0.05) is 11.8 Å². The molecule has 0 aromatic carbocycles. The van der Waals surface area contributed by atoms with E-state index in [9.17, 15) is 13.2 Å². The number of halogens is 3. The summed E-state index contributed by atoms with van der Waals surface area (Å²) in [5.74, 6) is -0.646. The Morgan fingerprint density at radius 3 is 2.83 bits per heavy atom. The van der Waals surface area contributed by atoms with Crippen LogP contribution in [0.15, 0.2) is 27.8 Å². The molecule has 3 aromatic heterocycles. The third kappa shape index (κ3) is 3.58. The number of hydrogen-bond acceptors (Lipinski definition) is 6. The summed E-state index contributed by atoms with van der Waals surface area (Å²) in [7, 11) is 0. The van der Waals surface area contributed by atoms with Gasteiger partial charge in [0.15, 0.2) is 0 Å². The second kappa shape index (κ2) is 6.36. The summed E-state index contributed by atoms with van der Waals surface area (Å²) in [6.07, 6.45) is -4.62. The third-order valence-electron chi connectivity index (χ3n) is 2.74. The molecule has 10 heteroatoms. The van der Waals surface area contributed by atoms with Crippen molar-refractivity contribution < 1.29 is 17.9 Å². The van der Waals surface area contributed by atoms with Crippen molar-refractivity contribution in [2.75, 3.05) is 6.61 Å². The molecule has 0 atom stereocenters. The van der Waals surface area contributed by atoms with E-state index in [1.807, 2.05) is 17.5 Å². The van der Waals surface area contributed by atoms with Crippen molar-refractivity contribution in [3.63, 3.8) is 0 Å². The summed E-state index contributed by atoms with van der Waals surface area (Å²) >= 11 is 3.14. The number of alkyl halides is 3. The molecule has 3 heterocycles. The van der Waals surface area contributed by atoms with Crippen molar-refractivity contribution >= 4 is 28.9 Å². The SMILES string of the molecule is CCOc1cc(CSc2cccs2)nc2nc(C(F)(F)F)nn12. The molecular weight excluding hydrogens is 349 g/mol. The molecular formula is C13H11F3N4OS2. The van der Waals surface area contributed by atoms with E-state index in [1.165, 1.54) is 0 Å². The molecule has 0 fully saturated rings. The number of hydrogen-bond donors (Lipinski definition) is 0. The highest BCUT2D eigenvalue weighted by molar-refractivity contribution is 8.00. The summed E-state index contributed by atoms with van der Waals surface area (Å²) in [5.41, 5.74) is 0.584. The lowest BCUT2D eigenvalue weighted by molar-refractivity contribution is -0.144. The number of nitrogens with zero attached hydrogens (tertiary/aromatic N) is 4. The minimum atomic E-state index is -4.62. The van der Waals surface area contributed by atoms with Crippen LogP contribution >= 0.6 is 23.1 Å².